The molecule has 0 bridgehead atoms. The summed E-state index contributed by atoms with van der Waals surface area (Å²) in [6.45, 7) is 1.73. The van der Waals surface area contributed by atoms with Crippen LogP contribution in [0.1, 0.15) is 50.6 Å². The van der Waals surface area contributed by atoms with Crippen molar-refractivity contribution in [1.29, 1.82) is 0 Å². The van der Waals surface area contributed by atoms with Gasteiger partial charge < -0.3 is 14.8 Å². The Hall–Kier alpha value is -2.58. The van der Waals surface area contributed by atoms with E-state index in [-0.39, 0.29) is 29.5 Å². The van der Waals surface area contributed by atoms with E-state index in [1.807, 2.05) is 31.2 Å². The van der Waals surface area contributed by atoms with Gasteiger partial charge in [-0.2, -0.15) is 0 Å². The van der Waals surface area contributed by atoms with Crippen LogP contribution in [0.25, 0.3) is 0 Å². The van der Waals surface area contributed by atoms with Crippen molar-refractivity contribution < 1.29 is 22.7 Å². The molecule has 1 unspecified atom stereocenters. The molecule has 168 valence electrons. The highest BCUT2D eigenvalue weighted by Crippen LogP contribution is 2.21. The Bertz CT molecular complexity index is 952. The van der Waals surface area contributed by atoms with Crippen molar-refractivity contribution in [3.8, 4) is 11.5 Å². The van der Waals surface area contributed by atoms with Crippen LogP contribution in [0, 0.1) is 0 Å². The van der Waals surface area contributed by atoms with Gasteiger partial charge in [-0.3, -0.25) is 4.79 Å². The monoisotopic (exact) mass is 446 g/mol. The van der Waals surface area contributed by atoms with Gasteiger partial charge in [0.15, 0.2) is 6.61 Å². The van der Waals surface area contributed by atoms with Gasteiger partial charge in [-0.1, -0.05) is 31.4 Å². The van der Waals surface area contributed by atoms with E-state index in [0.29, 0.717) is 5.75 Å². The van der Waals surface area contributed by atoms with Crippen molar-refractivity contribution in [3.05, 3.63) is 54.1 Å². The lowest BCUT2D eigenvalue weighted by Gasteiger charge is -2.22. The Morgan fingerprint density at radius 1 is 1.00 bits per heavy atom. The van der Waals surface area contributed by atoms with Gasteiger partial charge in [-0.25, -0.2) is 13.1 Å². The van der Waals surface area contributed by atoms with E-state index in [2.05, 4.69) is 10.0 Å². The van der Waals surface area contributed by atoms with Gasteiger partial charge in [-0.05, 0) is 61.7 Å². The molecular weight excluding hydrogens is 416 g/mol. The number of nitrogens with one attached hydrogen (secondary N) is 2. The second-order valence-electron chi connectivity index (χ2n) is 7.78. The largest absolute Gasteiger partial charge is 0.497 e. The molecule has 1 aliphatic carbocycles. The van der Waals surface area contributed by atoms with E-state index in [1.165, 1.54) is 12.1 Å². The van der Waals surface area contributed by atoms with Crippen LogP contribution >= 0.6 is 0 Å². The number of hydrogen-bond donors (Lipinski definition) is 2. The zero-order chi connectivity index (χ0) is 22.3. The molecule has 2 aromatic carbocycles. The predicted molar refractivity (Wildman–Crippen MR) is 119 cm³/mol. The predicted octanol–water partition coefficient (Wildman–Crippen LogP) is 3.56. The molecule has 0 radical (unpaired) electrons. The van der Waals surface area contributed by atoms with Crippen LogP contribution in [-0.4, -0.2) is 34.1 Å². The zero-order valence-corrected chi connectivity index (χ0v) is 18.8. The first-order valence-electron chi connectivity index (χ1n) is 10.6. The number of hydrogen-bond acceptors (Lipinski definition) is 5. The molecule has 0 spiro atoms. The Morgan fingerprint density at radius 2 is 1.61 bits per heavy atom. The number of amides is 1. The van der Waals surface area contributed by atoms with Crippen molar-refractivity contribution >= 4 is 15.9 Å². The standard InChI is InChI=1S/C23H30N2O5S/c1-17(18-8-10-20(29-2)11-9-18)24-23(26)16-30-21-12-14-22(15-13-21)31(27,28)25-19-6-4-3-5-7-19/h8-15,17,19,25H,3-7,16H2,1-2H3,(H,24,26). The third kappa shape index (κ3) is 6.70. The van der Waals surface area contributed by atoms with Gasteiger partial charge in [0.25, 0.3) is 5.91 Å². The molecule has 0 saturated heterocycles. The van der Waals surface area contributed by atoms with E-state index < -0.39 is 10.0 Å². The molecular formula is C23H30N2O5S. The first-order chi connectivity index (χ1) is 14.9. The minimum absolute atomic E-state index is 0.00561. The minimum Gasteiger partial charge on any atom is -0.497 e. The third-order valence-corrected chi connectivity index (χ3v) is 6.96. The van der Waals surface area contributed by atoms with E-state index in [0.717, 1.165) is 43.4 Å². The summed E-state index contributed by atoms with van der Waals surface area (Å²) in [6.07, 6.45) is 5.03. The van der Waals surface area contributed by atoms with Crippen LogP contribution in [0.4, 0.5) is 0 Å². The molecule has 1 fully saturated rings. The highest BCUT2D eigenvalue weighted by Gasteiger charge is 2.21. The van der Waals surface area contributed by atoms with Crippen LogP contribution in [0.15, 0.2) is 53.4 Å². The smallest absolute Gasteiger partial charge is 0.258 e. The van der Waals surface area contributed by atoms with E-state index >= 15 is 0 Å². The van der Waals surface area contributed by atoms with Crippen molar-refractivity contribution in [2.45, 2.75) is 56.0 Å². The fourth-order valence-corrected chi connectivity index (χ4v) is 4.94. The summed E-state index contributed by atoms with van der Waals surface area (Å²) in [5.74, 6) is 0.924. The summed E-state index contributed by atoms with van der Waals surface area (Å²) < 4.78 is 38.5. The molecule has 0 heterocycles. The van der Waals surface area contributed by atoms with Crippen molar-refractivity contribution in [2.75, 3.05) is 13.7 Å². The van der Waals surface area contributed by atoms with E-state index in [9.17, 15) is 13.2 Å². The lowest BCUT2D eigenvalue weighted by molar-refractivity contribution is -0.123. The van der Waals surface area contributed by atoms with Crippen LogP contribution in [-0.2, 0) is 14.8 Å². The summed E-state index contributed by atoms with van der Waals surface area (Å²) in [4.78, 5) is 12.4. The quantitative estimate of drug-likeness (QED) is 0.614. The molecule has 1 aliphatic rings. The maximum Gasteiger partial charge on any atom is 0.258 e. The average Bonchev–Trinajstić information content (AvgIpc) is 2.78. The summed E-state index contributed by atoms with van der Waals surface area (Å²) >= 11 is 0. The average molecular weight is 447 g/mol. The van der Waals surface area contributed by atoms with Crippen LogP contribution in [0.5, 0.6) is 11.5 Å². The normalized spacial score (nSPS) is 15.8. The highest BCUT2D eigenvalue weighted by molar-refractivity contribution is 7.89. The third-order valence-electron chi connectivity index (χ3n) is 5.42. The minimum atomic E-state index is -3.55. The fraction of sp³-hybridized carbons (Fsp3) is 0.435. The Balaban J connectivity index is 1.49. The topological polar surface area (TPSA) is 93.7 Å². The Kier molecular flexibility index (Phi) is 7.92. The number of rotatable bonds is 9. The lowest BCUT2D eigenvalue weighted by Crippen LogP contribution is -2.36. The van der Waals surface area contributed by atoms with E-state index in [1.54, 1.807) is 19.2 Å². The molecule has 3 rings (SSSR count). The lowest BCUT2D eigenvalue weighted by atomic mass is 9.96. The first kappa shape index (κ1) is 23.1. The zero-order valence-electron chi connectivity index (χ0n) is 18.0. The maximum absolute atomic E-state index is 12.6. The number of sulfonamides is 1. The first-order valence-corrected chi connectivity index (χ1v) is 12.0. The van der Waals surface area contributed by atoms with Crippen LogP contribution in [0.3, 0.4) is 0 Å². The van der Waals surface area contributed by atoms with Gasteiger partial charge >= 0.3 is 0 Å². The molecule has 2 N–H and O–H groups in total. The summed E-state index contributed by atoms with van der Waals surface area (Å²) in [6, 6.07) is 13.4. The SMILES string of the molecule is COc1ccc(C(C)NC(=O)COc2ccc(S(=O)(=O)NC3CCCCC3)cc2)cc1. The molecule has 0 aromatic heterocycles. The summed E-state index contributed by atoms with van der Waals surface area (Å²) in [7, 11) is -1.95. The van der Waals surface area contributed by atoms with Gasteiger partial charge in [0.1, 0.15) is 11.5 Å². The van der Waals surface area contributed by atoms with Crippen molar-refractivity contribution in [1.82, 2.24) is 10.0 Å². The molecule has 0 aliphatic heterocycles. The maximum atomic E-state index is 12.6. The highest BCUT2D eigenvalue weighted by atomic mass is 32.2. The fourth-order valence-electron chi connectivity index (χ4n) is 3.63. The van der Waals surface area contributed by atoms with Gasteiger partial charge in [0.2, 0.25) is 10.0 Å². The number of benzene rings is 2. The number of carbonyl (C=O) groups excluding carboxylic acids is 1. The number of ether oxygens (including phenoxy) is 2. The number of carbonyl (C=O) groups is 1. The molecule has 1 saturated carbocycles. The van der Waals surface area contributed by atoms with Gasteiger partial charge in [-0.15, -0.1) is 0 Å². The van der Waals surface area contributed by atoms with Crippen molar-refractivity contribution in [3.63, 3.8) is 0 Å². The molecule has 8 heteroatoms. The summed E-state index contributed by atoms with van der Waals surface area (Å²) in [5.41, 5.74) is 0.953. The Labute approximate surface area is 184 Å². The van der Waals surface area contributed by atoms with Crippen molar-refractivity contribution in [2.24, 2.45) is 0 Å². The second-order valence-corrected chi connectivity index (χ2v) is 9.49. The van der Waals surface area contributed by atoms with Crippen LogP contribution < -0.4 is 19.5 Å². The van der Waals surface area contributed by atoms with Gasteiger partial charge in [0, 0.05) is 6.04 Å². The molecule has 1 amide bonds. The van der Waals surface area contributed by atoms with Crippen LogP contribution in [0.2, 0.25) is 0 Å². The Morgan fingerprint density at radius 3 is 2.23 bits per heavy atom. The molecule has 7 nitrogen and oxygen atoms in total. The summed E-state index contributed by atoms with van der Waals surface area (Å²) in [5, 5.41) is 2.87. The molecule has 1 atom stereocenters. The second kappa shape index (κ2) is 10.6. The molecule has 31 heavy (non-hydrogen) atoms. The number of methoxy groups -OCH3 is 1. The molecule has 2 aromatic rings. The van der Waals surface area contributed by atoms with E-state index in [4.69, 9.17) is 9.47 Å². The van der Waals surface area contributed by atoms with Gasteiger partial charge in [0.05, 0.1) is 18.0 Å².